The van der Waals surface area contributed by atoms with Crippen LogP contribution in [0.25, 0.3) is 0 Å². The number of nitrogens with zero attached hydrogens (tertiary/aromatic N) is 4. The van der Waals surface area contributed by atoms with E-state index in [0.717, 1.165) is 16.7 Å². The molecule has 2 heterocycles. The van der Waals surface area contributed by atoms with Crippen molar-refractivity contribution >= 4 is 11.9 Å². The zero-order valence-electron chi connectivity index (χ0n) is 15.7. The number of benzene rings is 2. The lowest BCUT2D eigenvalue weighted by Crippen LogP contribution is -2.44. The number of amides is 1. The first-order valence-electron chi connectivity index (χ1n) is 9.11. The minimum Gasteiger partial charge on any atom is -0.375 e. The van der Waals surface area contributed by atoms with Crippen LogP contribution < -0.4 is 4.90 Å². The molecule has 0 spiro atoms. The monoisotopic (exact) mass is 380 g/mol. The van der Waals surface area contributed by atoms with Gasteiger partial charge in [0.05, 0.1) is 12.1 Å². The minimum atomic E-state index is -0.287. The molecule has 144 valence electrons. The smallest absolute Gasteiger partial charge is 0.255 e. The first kappa shape index (κ1) is 18.3. The standard InChI is InChI=1S/C21H21FN4O2/c1-14-3-5-15(6-4-14)18-11-19(16-7-9-17(22)10-8-16)26-21(23-13-24-26)25(18)20(27)12-28-2/h3-10,13,18-19H,11-12H2,1-2H3/t18-,19-/m1/s1. The van der Waals surface area contributed by atoms with Gasteiger partial charge >= 0.3 is 0 Å². The van der Waals surface area contributed by atoms with Crippen molar-refractivity contribution in [2.24, 2.45) is 0 Å². The van der Waals surface area contributed by atoms with Crippen LogP contribution in [0.1, 0.15) is 35.2 Å². The molecule has 2 atom stereocenters. The van der Waals surface area contributed by atoms with E-state index in [1.54, 1.807) is 21.7 Å². The molecule has 4 rings (SSSR count). The normalized spacial score (nSPS) is 18.8. The molecule has 0 unspecified atom stereocenters. The minimum absolute atomic E-state index is 0.0452. The Morgan fingerprint density at radius 3 is 2.43 bits per heavy atom. The molecule has 0 saturated carbocycles. The number of halogens is 1. The lowest BCUT2D eigenvalue weighted by molar-refractivity contribution is -0.123. The number of hydrogen-bond acceptors (Lipinski definition) is 4. The van der Waals surface area contributed by atoms with Crippen LogP contribution in [0, 0.1) is 12.7 Å². The molecule has 1 aromatic heterocycles. The number of aromatic nitrogens is 3. The summed E-state index contributed by atoms with van der Waals surface area (Å²) in [7, 11) is 1.49. The summed E-state index contributed by atoms with van der Waals surface area (Å²) in [4.78, 5) is 18.9. The van der Waals surface area contributed by atoms with Gasteiger partial charge < -0.3 is 4.74 Å². The van der Waals surface area contributed by atoms with Gasteiger partial charge in [-0.15, -0.1) is 0 Å². The number of aryl methyl sites for hydroxylation is 1. The lowest BCUT2D eigenvalue weighted by Gasteiger charge is -2.39. The number of rotatable bonds is 4. The summed E-state index contributed by atoms with van der Waals surface area (Å²) in [6.07, 6.45) is 2.04. The van der Waals surface area contributed by atoms with Crippen LogP contribution in [-0.2, 0) is 9.53 Å². The van der Waals surface area contributed by atoms with Crippen molar-refractivity contribution in [3.05, 3.63) is 77.4 Å². The second-order valence-electron chi connectivity index (χ2n) is 6.93. The summed E-state index contributed by atoms with van der Waals surface area (Å²) in [6.45, 7) is 1.98. The van der Waals surface area contributed by atoms with E-state index in [2.05, 4.69) is 10.1 Å². The number of methoxy groups -OCH3 is 1. The summed E-state index contributed by atoms with van der Waals surface area (Å²) < 4.78 is 20.2. The molecule has 0 aliphatic carbocycles. The third-order valence-electron chi connectivity index (χ3n) is 5.08. The van der Waals surface area contributed by atoms with E-state index in [1.165, 1.54) is 25.6 Å². The van der Waals surface area contributed by atoms with E-state index in [9.17, 15) is 9.18 Å². The Morgan fingerprint density at radius 1 is 1.11 bits per heavy atom. The van der Waals surface area contributed by atoms with Gasteiger partial charge in [-0.3, -0.25) is 9.69 Å². The molecule has 7 heteroatoms. The van der Waals surface area contributed by atoms with Crippen molar-refractivity contribution in [1.29, 1.82) is 0 Å². The van der Waals surface area contributed by atoms with Gasteiger partial charge in [-0.1, -0.05) is 42.0 Å². The van der Waals surface area contributed by atoms with Gasteiger partial charge in [-0.05, 0) is 36.6 Å². The molecule has 1 aliphatic heterocycles. The second kappa shape index (κ2) is 7.52. The average molecular weight is 380 g/mol. The molecule has 6 nitrogen and oxygen atoms in total. The fourth-order valence-electron chi connectivity index (χ4n) is 3.71. The highest BCUT2D eigenvalue weighted by atomic mass is 19.1. The number of ether oxygens (including phenoxy) is 1. The summed E-state index contributed by atoms with van der Waals surface area (Å²) in [6, 6.07) is 14.1. The van der Waals surface area contributed by atoms with Crippen molar-refractivity contribution in [2.45, 2.75) is 25.4 Å². The number of fused-ring (bicyclic) bond motifs is 1. The maximum atomic E-state index is 13.4. The molecule has 28 heavy (non-hydrogen) atoms. The van der Waals surface area contributed by atoms with Gasteiger partial charge in [0, 0.05) is 7.11 Å². The molecule has 1 amide bonds. The van der Waals surface area contributed by atoms with E-state index in [1.807, 2.05) is 31.2 Å². The third-order valence-corrected chi connectivity index (χ3v) is 5.08. The van der Waals surface area contributed by atoms with E-state index < -0.39 is 0 Å². The molecule has 0 saturated heterocycles. The van der Waals surface area contributed by atoms with Crippen LogP contribution >= 0.6 is 0 Å². The summed E-state index contributed by atoms with van der Waals surface area (Å²) in [5.41, 5.74) is 3.08. The molecule has 0 N–H and O–H groups in total. The summed E-state index contributed by atoms with van der Waals surface area (Å²) in [5.74, 6) is -0.00145. The van der Waals surface area contributed by atoms with Crippen LogP contribution in [0.4, 0.5) is 10.3 Å². The summed E-state index contributed by atoms with van der Waals surface area (Å²) >= 11 is 0. The van der Waals surface area contributed by atoms with Gasteiger partial charge in [0.15, 0.2) is 0 Å². The highest BCUT2D eigenvalue weighted by molar-refractivity contribution is 5.93. The molecule has 1 aliphatic rings. The largest absolute Gasteiger partial charge is 0.375 e. The molecule has 0 bridgehead atoms. The Bertz CT molecular complexity index is 969. The van der Waals surface area contributed by atoms with Gasteiger partial charge in [-0.25, -0.2) is 9.07 Å². The van der Waals surface area contributed by atoms with E-state index in [0.29, 0.717) is 12.4 Å². The zero-order valence-corrected chi connectivity index (χ0v) is 15.7. The van der Waals surface area contributed by atoms with Crippen molar-refractivity contribution in [2.75, 3.05) is 18.6 Å². The van der Waals surface area contributed by atoms with Crippen molar-refractivity contribution in [3.63, 3.8) is 0 Å². The van der Waals surface area contributed by atoms with Gasteiger partial charge in [0.25, 0.3) is 5.91 Å². The van der Waals surface area contributed by atoms with Gasteiger partial charge in [0.1, 0.15) is 18.8 Å². The van der Waals surface area contributed by atoms with E-state index in [4.69, 9.17) is 4.74 Å². The van der Waals surface area contributed by atoms with Crippen molar-refractivity contribution in [3.8, 4) is 0 Å². The fourth-order valence-corrected chi connectivity index (χ4v) is 3.71. The van der Waals surface area contributed by atoms with E-state index in [-0.39, 0.29) is 30.4 Å². The maximum absolute atomic E-state index is 13.4. The highest BCUT2D eigenvalue weighted by Crippen LogP contribution is 2.41. The average Bonchev–Trinajstić information content (AvgIpc) is 3.18. The molecular weight excluding hydrogens is 359 g/mol. The predicted molar refractivity (Wildman–Crippen MR) is 102 cm³/mol. The maximum Gasteiger partial charge on any atom is 0.255 e. The van der Waals surface area contributed by atoms with Crippen LogP contribution in [0.2, 0.25) is 0 Å². The number of hydrogen-bond donors (Lipinski definition) is 0. The van der Waals surface area contributed by atoms with Crippen molar-refractivity contribution in [1.82, 2.24) is 14.8 Å². The SMILES string of the molecule is COCC(=O)N1c2ncnn2[C@@H](c2ccc(F)cc2)C[C@@H]1c1ccc(C)cc1. The first-order chi connectivity index (χ1) is 13.6. The highest BCUT2D eigenvalue weighted by Gasteiger charge is 2.39. The molecule has 3 aromatic rings. The van der Waals surface area contributed by atoms with E-state index >= 15 is 0 Å². The summed E-state index contributed by atoms with van der Waals surface area (Å²) in [5, 5.41) is 4.35. The quantitative estimate of drug-likeness (QED) is 0.696. The van der Waals surface area contributed by atoms with Crippen LogP contribution in [-0.4, -0.2) is 34.4 Å². The molecular formula is C21H21FN4O2. The Kier molecular flexibility index (Phi) is 4.92. The first-order valence-corrected chi connectivity index (χ1v) is 9.11. The van der Waals surface area contributed by atoms with Crippen molar-refractivity contribution < 1.29 is 13.9 Å². The fraction of sp³-hybridized carbons (Fsp3) is 0.286. The third kappa shape index (κ3) is 3.29. The Hall–Kier alpha value is -3.06. The lowest BCUT2D eigenvalue weighted by atomic mass is 9.91. The number of anilines is 1. The van der Waals surface area contributed by atoms with Crippen LogP contribution in [0.15, 0.2) is 54.9 Å². The zero-order chi connectivity index (χ0) is 19.7. The van der Waals surface area contributed by atoms with Gasteiger partial charge in [0.2, 0.25) is 5.95 Å². The topological polar surface area (TPSA) is 60.2 Å². The molecule has 0 fully saturated rings. The van der Waals surface area contributed by atoms with Gasteiger partial charge in [-0.2, -0.15) is 10.1 Å². The predicted octanol–water partition coefficient (Wildman–Crippen LogP) is 3.44. The Morgan fingerprint density at radius 2 is 1.75 bits per heavy atom. The molecule has 2 aromatic carbocycles. The number of carbonyl (C=O) groups excluding carboxylic acids is 1. The Labute approximate surface area is 162 Å². The molecule has 0 radical (unpaired) electrons. The van der Waals surface area contributed by atoms with Crippen LogP contribution in [0.5, 0.6) is 0 Å². The second-order valence-corrected chi connectivity index (χ2v) is 6.93. The Balaban J connectivity index is 1.81. The number of carbonyl (C=O) groups is 1. The van der Waals surface area contributed by atoms with Crippen LogP contribution in [0.3, 0.4) is 0 Å².